The van der Waals surface area contributed by atoms with Gasteiger partial charge in [-0.15, -0.1) is 0 Å². The van der Waals surface area contributed by atoms with Gasteiger partial charge in [0.2, 0.25) is 5.91 Å². The molecule has 1 aromatic rings. The molecule has 19 heavy (non-hydrogen) atoms. The Balaban J connectivity index is 2.08. The van der Waals surface area contributed by atoms with Crippen LogP contribution >= 0.6 is 0 Å². The van der Waals surface area contributed by atoms with Crippen molar-refractivity contribution in [1.82, 2.24) is 0 Å². The third kappa shape index (κ3) is 3.28. The summed E-state index contributed by atoms with van der Waals surface area (Å²) in [5, 5.41) is 2.48. The van der Waals surface area contributed by atoms with Crippen LogP contribution in [0.1, 0.15) is 19.8 Å². The lowest BCUT2D eigenvalue weighted by atomic mass is 9.95. The fourth-order valence-electron chi connectivity index (χ4n) is 1.94. The van der Waals surface area contributed by atoms with Gasteiger partial charge in [0.1, 0.15) is 11.6 Å². The summed E-state index contributed by atoms with van der Waals surface area (Å²) in [5.41, 5.74) is 0.921. The van der Waals surface area contributed by atoms with Crippen molar-refractivity contribution in [3.8, 4) is 0 Å². The summed E-state index contributed by atoms with van der Waals surface area (Å²) in [6, 6.07) is 3.09. The SMILES string of the molecule is CC(C(=O)Nc1ccc(F)cc1F)C1=CCCC=C1. The summed E-state index contributed by atoms with van der Waals surface area (Å²) >= 11 is 0. The Labute approximate surface area is 110 Å². The van der Waals surface area contributed by atoms with Crippen molar-refractivity contribution in [2.75, 3.05) is 5.32 Å². The normalized spacial score (nSPS) is 15.8. The Hall–Kier alpha value is -1.97. The van der Waals surface area contributed by atoms with Crippen LogP contribution < -0.4 is 5.32 Å². The molecule has 1 N–H and O–H groups in total. The molecule has 1 amide bonds. The standard InChI is InChI=1S/C15H15F2NO/c1-10(11-5-3-2-4-6-11)15(19)18-14-8-7-12(16)9-13(14)17/h3,5-10H,2,4H2,1H3,(H,18,19). The van der Waals surface area contributed by atoms with E-state index in [4.69, 9.17) is 0 Å². The van der Waals surface area contributed by atoms with E-state index in [1.165, 1.54) is 6.07 Å². The van der Waals surface area contributed by atoms with E-state index < -0.39 is 11.6 Å². The second-order valence-electron chi connectivity index (χ2n) is 4.52. The maximum absolute atomic E-state index is 13.4. The first-order valence-electron chi connectivity index (χ1n) is 6.20. The molecule has 4 heteroatoms. The first-order valence-corrected chi connectivity index (χ1v) is 6.20. The summed E-state index contributed by atoms with van der Waals surface area (Å²) in [6.45, 7) is 1.76. The number of carbonyl (C=O) groups is 1. The van der Waals surface area contributed by atoms with Crippen LogP contribution in [0, 0.1) is 17.6 Å². The Morgan fingerprint density at radius 1 is 1.32 bits per heavy atom. The highest BCUT2D eigenvalue weighted by molar-refractivity contribution is 5.94. The van der Waals surface area contributed by atoms with Crippen LogP contribution in [-0.4, -0.2) is 5.91 Å². The summed E-state index contributed by atoms with van der Waals surface area (Å²) in [6.07, 6.45) is 7.82. The van der Waals surface area contributed by atoms with E-state index in [0.717, 1.165) is 30.5 Å². The first kappa shape index (κ1) is 13.5. The average Bonchev–Trinajstić information content (AvgIpc) is 2.42. The molecule has 0 spiro atoms. The van der Waals surface area contributed by atoms with E-state index in [-0.39, 0.29) is 17.5 Å². The predicted molar refractivity (Wildman–Crippen MR) is 70.6 cm³/mol. The van der Waals surface area contributed by atoms with Crippen molar-refractivity contribution < 1.29 is 13.6 Å². The van der Waals surface area contributed by atoms with Crippen LogP contribution in [0.4, 0.5) is 14.5 Å². The van der Waals surface area contributed by atoms with E-state index >= 15 is 0 Å². The van der Waals surface area contributed by atoms with Crippen molar-refractivity contribution in [3.05, 3.63) is 53.6 Å². The average molecular weight is 263 g/mol. The molecule has 100 valence electrons. The Morgan fingerprint density at radius 3 is 2.74 bits per heavy atom. The quantitative estimate of drug-likeness (QED) is 0.882. The van der Waals surface area contributed by atoms with Gasteiger partial charge in [-0.05, 0) is 37.5 Å². The molecular formula is C15H15F2NO. The Kier molecular flexibility index (Phi) is 4.10. The number of hydrogen-bond acceptors (Lipinski definition) is 1. The molecule has 1 aliphatic rings. The van der Waals surface area contributed by atoms with Crippen LogP contribution in [0.25, 0.3) is 0 Å². The number of benzene rings is 1. The zero-order valence-electron chi connectivity index (χ0n) is 10.6. The Morgan fingerprint density at radius 2 is 2.11 bits per heavy atom. The second-order valence-corrected chi connectivity index (χ2v) is 4.52. The topological polar surface area (TPSA) is 29.1 Å². The molecule has 0 fully saturated rings. The molecule has 0 bridgehead atoms. The fourth-order valence-corrected chi connectivity index (χ4v) is 1.94. The molecule has 1 unspecified atom stereocenters. The van der Waals surface area contributed by atoms with Gasteiger partial charge in [0.15, 0.2) is 0 Å². The third-order valence-corrected chi connectivity index (χ3v) is 3.11. The lowest BCUT2D eigenvalue weighted by molar-refractivity contribution is -0.118. The first-order chi connectivity index (χ1) is 9.08. The fraction of sp³-hybridized carbons (Fsp3) is 0.267. The summed E-state index contributed by atoms with van der Waals surface area (Å²) < 4.78 is 26.2. The molecule has 1 aromatic carbocycles. The van der Waals surface area contributed by atoms with Crippen LogP contribution in [0.2, 0.25) is 0 Å². The molecular weight excluding hydrogens is 248 g/mol. The zero-order chi connectivity index (χ0) is 13.8. The van der Waals surface area contributed by atoms with Crippen LogP contribution in [0.15, 0.2) is 42.0 Å². The van der Waals surface area contributed by atoms with Crippen LogP contribution in [-0.2, 0) is 4.79 Å². The molecule has 1 aliphatic carbocycles. The zero-order valence-corrected chi connectivity index (χ0v) is 10.6. The summed E-state index contributed by atoms with van der Waals surface area (Å²) in [7, 11) is 0. The number of carbonyl (C=O) groups excluding carboxylic acids is 1. The highest BCUT2D eigenvalue weighted by Gasteiger charge is 2.18. The van der Waals surface area contributed by atoms with Crippen molar-refractivity contribution in [2.24, 2.45) is 5.92 Å². The van der Waals surface area contributed by atoms with Gasteiger partial charge in [-0.25, -0.2) is 8.78 Å². The van der Waals surface area contributed by atoms with E-state index in [1.807, 2.05) is 18.2 Å². The minimum atomic E-state index is -0.770. The molecule has 0 radical (unpaired) electrons. The van der Waals surface area contributed by atoms with Gasteiger partial charge in [0.05, 0.1) is 11.6 Å². The molecule has 2 rings (SSSR count). The van der Waals surface area contributed by atoms with E-state index in [0.29, 0.717) is 0 Å². The van der Waals surface area contributed by atoms with Gasteiger partial charge >= 0.3 is 0 Å². The second kappa shape index (κ2) is 5.78. The lowest BCUT2D eigenvalue weighted by Crippen LogP contribution is -2.22. The smallest absolute Gasteiger partial charge is 0.231 e. The van der Waals surface area contributed by atoms with Crippen molar-refractivity contribution >= 4 is 11.6 Å². The molecule has 0 saturated heterocycles. The van der Waals surface area contributed by atoms with Gasteiger partial charge in [-0.3, -0.25) is 4.79 Å². The van der Waals surface area contributed by atoms with Gasteiger partial charge in [-0.2, -0.15) is 0 Å². The molecule has 0 heterocycles. The van der Waals surface area contributed by atoms with Gasteiger partial charge in [0.25, 0.3) is 0 Å². The maximum Gasteiger partial charge on any atom is 0.231 e. The number of halogens is 2. The van der Waals surface area contributed by atoms with Crippen LogP contribution in [0.3, 0.4) is 0 Å². The van der Waals surface area contributed by atoms with Crippen molar-refractivity contribution in [1.29, 1.82) is 0 Å². The van der Waals surface area contributed by atoms with Crippen molar-refractivity contribution in [3.63, 3.8) is 0 Å². The monoisotopic (exact) mass is 263 g/mol. The van der Waals surface area contributed by atoms with Crippen LogP contribution in [0.5, 0.6) is 0 Å². The minimum Gasteiger partial charge on any atom is -0.323 e. The largest absolute Gasteiger partial charge is 0.323 e. The molecule has 0 saturated carbocycles. The highest BCUT2D eigenvalue weighted by atomic mass is 19.1. The number of allylic oxidation sites excluding steroid dienone is 3. The third-order valence-electron chi connectivity index (χ3n) is 3.11. The molecule has 1 atom stereocenters. The van der Waals surface area contributed by atoms with Gasteiger partial charge in [0, 0.05) is 6.07 Å². The lowest BCUT2D eigenvalue weighted by Gasteiger charge is -2.15. The van der Waals surface area contributed by atoms with E-state index in [1.54, 1.807) is 6.92 Å². The number of amides is 1. The predicted octanol–water partition coefficient (Wildman–Crippen LogP) is 3.82. The minimum absolute atomic E-state index is 0.00126. The number of nitrogens with one attached hydrogen (secondary N) is 1. The number of rotatable bonds is 3. The molecule has 0 aromatic heterocycles. The van der Waals surface area contributed by atoms with Gasteiger partial charge in [-0.1, -0.05) is 18.2 Å². The van der Waals surface area contributed by atoms with Gasteiger partial charge < -0.3 is 5.32 Å². The number of hydrogen-bond donors (Lipinski definition) is 1. The molecule has 2 nitrogen and oxygen atoms in total. The maximum atomic E-state index is 13.4. The summed E-state index contributed by atoms with van der Waals surface area (Å²) in [4.78, 5) is 12.0. The Bertz CT molecular complexity index is 549. The van der Waals surface area contributed by atoms with E-state index in [2.05, 4.69) is 5.32 Å². The van der Waals surface area contributed by atoms with E-state index in [9.17, 15) is 13.6 Å². The molecule has 0 aliphatic heterocycles. The highest BCUT2D eigenvalue weighted by Crippen LogP contribution is 2.21. The summed E-state index contributed by atoms with van der Waals surface area (Å²) in [5.74, 6) is -2.10. The number of anilines is 1. The van der Waals surface area contributed by atoms with Crippen molar-refractivity contribution in [2.45, 2.75) is 19.8 Å².